The molecule has 0 radical (unpaired) electrons. The third-order valence-corrected chi connectivity index (χ3v) is 4.16. The maximum absolute atomic E-state index is 12.7. The fourth-order valence-electron chi connectivity index (χ4n) is 2.50. The highest BCUT2D eigenvalue weighted by Gasteiger charge is 2.30. The molecule has 1 unspecified atom stereocenters. The zero-order valence-electron chi connectivity index (χ0n) is 12.8. The highest BCUT2D eigenvalue weighted by Crippen LogP contribution is 2.22. The molecule has 3 rings (SSSR count). The van der Waals surface area contributed by atoms with E-state index in [1.54, 1.807) is 18.1 Å². The molecule has 1 atom stereocenters. The van der Waals surface area contributed by atoms with Gasteiger partial charge in [-0.3, -0.25) is 9.59 Å². The van der Waals surface area contributed by atoms with E-state index in [0.717, 1.165) is 18.1 Å². The molecule has 0 saturated carbocycles. The molecule has 2 aromatic heterocycles. The molecular formula is C14H16N4O4S. The molecule has 2 aromatic rings. The fraction of sp³-hybridized carbons (Fsp3) is 0.429. The number of methoxy groups -OCH3 is 1. The van der Waals surface area contributed by atoms with Crippen molar-refractivity contribution in [2.45, 2.75) is 12.5 Å². The lowest BCUT2D eigenvalue weighted by atomic mass is 10.2. The zero-order valence-corrected chi connectivity index (χ0v) is 13.6. The van der Waals surface area contributed by atoms with Gasteiger partial charge in [0.2, 0.25) is 5.88 Å². The molecule has 1 fully saturated rings. The number of hydrogen-bond acceptors (Lipinski definition) is 7. The van der Waals surface area contributed by atoms with Gasteiger partial charge in [0, 0.05) is 32.3 Å². The summed E-state index contributed by atoms with van der Waals surface area (Å²) in [6.45, 7) is 1.04. The van der Waals surface area contributed by atoms with Gasteiger partial charge in [-0.2, -0.15) is 4.37 Å². The highest BCUT2D eigenvalue weighted by molar-refractivity contribution is 6.99. The average molecular weight is 336 g/mol. The Kier molecular flexibility index (Phi) is 4.28. The van der Waals surface area contributed by atoms with E-state index >= 15 is 0 Å². The molecular weight excluding hydrogens is 320 g/mol. The number of likely N-dealkylation sites (tertiary alicyclic amines) is 1. The van der Waals surface area contributed by atoms with Crippen LogP contribution in [0.2, 0.25) is 0 Å². The van der Waals surface area contributed by atoms with Crippen molar-refractivity contribution >= 4 is 17.6 Å². The number of aromatic nitrogens is 3. The van der Waals surface area contributed by atoms with Gasteiger partial charge in [0.05, 0.1) is 30.9 Å². The van der Waals surface area contributed by atoms with Crippen molar-refractivity contribution < 1.29 is 14.3 Å². The van der Waals surface area contributed by atoms with Crippen molar-refractivity contribution in [2.75, 3.05) is 20.2 Å². The van der Waals surface area contributed by atoms with E-state index in [4.69, 9.17) is 9.47 Å². The molecule has 0 bridgehead atoms. The normalized spacial score (nSPS) is 17.3. The van der Waals surface area contributed by atoms with Crippen molar-refractivity contribution in [1.82, 2.24) is 18.2 Å². The summed E-state index contributed by atoms with van der Waals surface area (Å²) in [5, 5.41) is 0. The minimum absolute atomic E-state index is 0.110. The summed E-state index contributed by atoms with van der Waals surface area (Å²) in [6.07, 6.45) is 3.67. The first kappa shape index (κ1) is 15.5. The summed E-state index contributed by atoms with van der Waals surface area (Å²) in [7, 11) is 3.04. The molecule has 1 amide bonds. The van der Waals surface area contributed by atoms with Crippen LogP contribution >= 0.6 is 11.7 Å². The second kappa shape index (κ2) is 6.37. The van der Waals surface area contributed by atoms with E-state index in [2.05, 4.69) is 8.75 Å². The van der Waals surface area contributed by atoms with Gasteiger partial charge in [-0.25, -0.2) is 0 Å². The summed E-state index contributed by atoms with van der Waals surface area (Å²) in [5.41, 5.74) is 0.141. The molecule has 0 aromatic carbocycles. The molecule has 1 aliphatic rings. The first-order valence-electron chi connectivity index (χ1n) is 7.06. The van der Waals surface area contributed by atoms with Gasteiger partial charge in [0.15, 0.2) is 0 Å². The van der Waals surface area contributed by atoms with E-state index in [1.807, 2.05) is 0 Å². The van der Waals surface area contributed by atoms with Crippen molar-refractivity contribution in [3.63, 3.8) is 0 Å². The van der Waals surface area contributed by atoms with Gasteiger partial charge < -0.3 is 18.9 Å². The van der Waals surface area contributed by atoms with Crippen molar-refractivity contribution in [2.24, 2.45) is 7.05 Å². The second-order valence-corrected chi connectivity index (χ2v) is 5.79. The first-order chi connectivity index (χ1) is 11.1. The molecule has 0 N–H and O–H groups in total. The van der Waals surface area contributed by atoms with Crippen LogP contribution in [-0.4, -0.2) is 50.4 Å². The summed E-state index contributed by atoms with van der Waals surface area (Å²) in [4.78, 5) is 26.0. The summed E-state index contributed by atoms with van der Waals surface area (Å²) in [6, 6.07) is 1.32. The summed E-state index contributed by atoms with van der Waals surface area (Å²) < 4.78 is 20.1. The molecule has 0 spiro atoms. The Morgan fingerprint density at radius 2 is 2.30 bits per heavy atom. The van der Waals surface area contributed by atoms with Crippen molar-refractivity contribution in [1.29, 1.82) is 0 Å². The van der Waals surface area contributed by atoms with Crippen LogP contribution in [0.5, 0.6) is 11.6 Å². The van der Waals surface area contributed by atoms with Crippen LogP contribution in [0.4, 0.5) is 0 Å². The molecule has 23 heavy (non-hydrogen) atoms. The van der Waals surface area contributed by atoms with Crippen LogP contribution in [0.3, 0.4) is 0 Å². The SMILES string of the molecule is COc1cc(=O)n(C)cc1C(=O)N1CCC(Oc2cnsn2)C1. The second-order valence-electron chi connectivity index (χ2n) is 5.23. The minimum Gasteiger partial charge on any atom is -0.496 e. The maximum atomic E-state index is 12.7. The van der Waals surface area contributed by atoms with E-state index in [1.165, 1.54) is 23.9 Å². The Labute approximate surface area is 136 Å². The van der Waals surface area contributed by atoms with Crippen molar-refractivity contribution in [3.05, 3.63) is 34.4 Å². The Morgan fingerprint density at radius 1 is 1.48 bits per heavy atom. The van der Waals surface area contributed by atoms with Crippen LogP contribution in [0.25, 0.3) is 0 Å². The van der Waals surface area contributed by atoms with Crippen LogP contribution in [-0.2, 0) is 7.05 Å². The number of nitrogens with zero attached hydrogens (tertiary/aromatic N) is 4. The number of carbonyl (C=O) groups is 1. The van der Waals surface area contributed by atoms with Crippen LogP contribution < -0.4 is 15.0 Å². The lowest BCUT2D eigenvalue weighted by molar-refractivity contribution is 0.0767. The van der Waals surface area contributed by atoms with E-state index < -0.39 is 0 Å². The Morgan fingerprint density at radius 3 is 3.00 bits per heavy atom. The number of carbonyl (C=O) groups excluding carboxylic acids is 1. The van der Waals surface area contributed by atoms with E-state index in [9.17, 15) is 9.59 Å². The van der Waals surface area contributed by atoms with Crippen LogP contribution in [0, 0.1) is 0 Å². The molecule has 3 heterocycles. The van der Waals surface area contributed by atoms with E-state index in [-0.39, 0.29) is 23.3 Å². The monoisotopic (exact) mass is 336 g/mol. The van der Waals surface area contributed by atoms with Gasteiger partial charge in [-0.15, -0.1) is 4.37 Å². The first-order valence-corrected chi connectivity index (χ1v) is 7.79. The van der Waals surface area contributed by atoms with Crippen LogP contribution in [0.15, 0.2) is 23.3 Å². The Balaban J connectivity index is 1.74. The van der Waals surface area contributed by atoms with E-state index in [0.29, 0.717) is 24.5 Å². The zero-order chi connectivity index (χ0) is 16.4. The standard InChI is InChI=1S/C14H16N4O4S/c1-17-8-10(11(21-2)5-13(17)19)14(20)18-4-3-9(7-18)22-12-6-15-23-16-12/h5-6,8-9H,3-4,7H2,1-2H3. The predicted molar refractivity (Wildman–Crippen MR) is 83.1 cm³/mol. The van der Waals surface area contributed by atoms with Gasteiger partial charge in [0.1, 0.15) is 18.1 Å². The highest BCUT2D eigenvalue weighted by atomic mass is 32.1. The predicted octanol–water partition coefficient (Wildman–Crippen LogP) is 0.539. The third kappa shape index (κ3) is 3.19. The molecule has 8 nitrogen and oxygen atoms in total. The number of ether oxygens (including phenoxy) is 2. The topological polar surface area (TPSA) is 86.5 Å². The molecule has 1 saturated heterocycles. The summed E-state index contributed by atoms with van der Waals surface area (Å²) in [5.74, 6) is 0.583. The van der Waals surface area contributed by atoms with Gasteiger partial charge in [-0.05, 0) is 0 Å². The quantitative estimate of drug-likeness (QED) is 0.810. The largest absolute Gasteiger partial charge is 0.496 e. The third-order valence-electron chi connectivity index (χ3n) is 3.70. The number of pyridine rings is 1. The van der Waals surface area contributed by atoms with Gasteiger partial charge in [0.25, 0.3) is 11.5 Å². The number of hydrogen-bond donors (Lipinski definition) is 0. The summed E-state index contributed by atoms with van der Waals surface area (Å²) >= 11 is 1.08. The lowest BCUT2D eigenvalue weighted by Crippen LogP contribution is -2.32. The van der Waals surface area contributed by atoms with Gasteiger partial charge in [-0.1, -0.05) is 0 Å². The van der Waals surface area contributed by atoms with Gasteiger partial charge >= 0.3 is 0 Å². The average Bonchev–Trinajstić information content (AvgIpc) is 3.21. The number of amides is 1. The molecule has 122 valence electrons. The van der Waals surface area contributed by atoms with Crippen LogP contribution in [0.1, 0.15) is 16.8 Å². The molecule has 9 heteroatoms. The number of aryl methyl sites for hydroxylation is 1. The number of rotatable bonds is 4. The lowest BCUT2D eigenvalue weighted by Gasteiger charge is -2.18. The van der Waals surface area contributed by atoms with Crippen molar-refractivity contribution in [3.8, 4) is 11.6 Å². The minimum atomic E-state index is -0.225. The molecule has 1 aliphatic heterocycles. The maximum Gasteiger partial charge on any atom is 0.259 e. The Bertz CT molecular complexity index is 759. The smallest absolute Gasteiger partial charge is 0.259 e. The fourth-order valence-corrected chi connectivity index (χ4v) is 2.86. The molecule has 0 aliphatic carbocycles. The Hall–Kier alpha value is -2.42.